The third kappa shape index (κ3) is 2.60. The first kappa shape index (κ1) is 12.4. The standard InChI is InChI=1S/C13H11ClN2O2/c1-8-10(3-2-4-11(8)17)13(18)16-12-6-5-9(14)7-15-12/h2-7,17H,1H3,(H,15,16,18). The smallest absolute Gasteiger partial charge is 0.257 e. The van der Waals surface area contributed by atoms with E-state index in [0.717, 1.165) is 0 Å². The van der Waals surface area contributed by atoms with Gasteiger partial charge in [-0.15, -0.1) is 0 Å². The topological polar surface area (TPSA) is 62.2 Å². The zero-order chi connectivity index (χ0) is 13.1. The van der Waals surface area contributed by atoms with Crippen molar-refractivity contribution in [1.29, 1.82) is 0 Å². The highest BCUT2D eigenvalue weighted by molar-refractivity contribution is 6.30. The van der Waals surface area contributed by atoms with Crippen molar-refractivity contribution in [2.75, 3.05) is 5.32 Å². The van der Waals surface area contributed by atoms with Crippen molar-refractivity contribution in [3.8, 4) is 5.75 Å². The van der Waals surface area contributed by atoms with Crippen LogP contribution in [0.4, 0.5) is 5.82 Å². The first-order valence-corrected chi connectivity index (χ1v) is 5.67. The van der Waals surface area contributed by atoms with Gasteiger partial charge in [0, 0.05) is 17.3 Å². The second kappa shape index (κ2) is 5.06. The van der Waals surface area contributed by atoms with Crippen LogP contribution in [0, 0.1) is 6.92 Å². The van der Waals surface area contributed by atoms with Crippen molar-refractivity contribution in [2.45, 2.75) is 6.92 Å². The van der Waals surface area contributed by atoms with E-state index in [1.807, 2.05) is 0 Å². The summed E-state index contributed by atoms with van der Waals surface area (Å²) < 4.78 is 0. The maximum absolute atomic E-state index is 12.0. The number of phenolic OH excluding ortho intramolecular Hbond substituents is 1. The van der Waals surface area contributed by atoms with Crippen LogP contribution in [0.3, 0.4) is 0 Å². The summed E-state index contributed by atoms with van der Waals surface area (Å²) in [6.07, 6.45) is 1.45. The van der Waals surface area contributed by atoms with Gasteiger partial charge in [-0.3, -0.25) is 4.79 Å². The molecule has 0 radical (unpaired) electrons. The van der Waals surface area contributed by atoms with Gasteiger partial charge in [0.1, 0.15) is 11.6 Å². The molecule has 0 bridgehead atoms. The van der Waals surface area contributed by atoms with Crippen LogP contribution in [0.15, 0.2) is 36.5 Å². The number of anilines is 1. The Hall–Kier alpha value is -2.07. The number of phenols is 1. The van der Waals surface area contributed by atoms with Gasteiger partial charge in [0.05, 0.1) is 5.02 Å². The molecular weight excluding hydrogens is 252 g/mol. The number of hydrogen-bond acceptors (Lipinski definition) is 3. The van der Waals surface area contributed by atoms with Crippen molar-refractivity contribution in [3.63, 3.8) is 0 Å². The Kier molecular flexibility index (Phi) is 3.48. The van der Waals surface area contributed by atoms with Gasteiger partial charge in [-0.25, -0.2) is 4.98 Å². The molecule has 5 heteroatoms. The molecule has 0 fully saturated rings. The van der Waals surface area contributed by atoms with Gasteiger partial charge in [-0.2, -0.15) is 0 Å². The molecule has 18 heavy (non-hydrogen) atoms. The van der Waals surface area contributed by atoms with E-state index in [1.165, 1.54) is 12.3 Å². The Balaban J connectivity index is 2.22. The van der Waals surface area contributed by atoms with Gasteiger partial charge in [-0.05, 0) is 31.2 Å². The van der Waals surface area contributed by atoms with E-state index >= 15 is 0 Å². The number of aromatic nitrogens is 1. The molecule has 92 valence electrons. The minimum Gasteiger partial charge on any atom is -0.508 e. The maximum atomic E-state index is 12.0. The predicted molar refractivity (Wildman–Crippen MR) is 70.0 cm³/mol. The molecule has 0 atom stereocenters. The second-order valence-electron chi connectivity index (χ2n) is 3.77. The lowest BCUT2D eigenvalue weighted by Gasteiger charge is -2.08. The first-order chi connectivity index (χ1) is 8.58. The molecule has 2 aromatic rings. The number of amides is 1. The van der Waals surface area contributed by atoms with Crippen LogP contribution >= 0.6 is 11.6 Å². The van der Waals surface area contributed by atoms with E-state index in [1.54, 1.807) is 31.2 Å². The Bertz CT molecular complexity index is 582. The molecule has 0 saturated heterocycles. The minimum atomic E-state index is -0.321. The fraction of sp³-hybridized carbons (Fsp3) is 0.0769. The van der Waals surface area contributed by atoms with E-state index in [2.05, 4.69) is 10.3 Å². The predicted octanol–water partition coefficient (Wildman–Crippen LogP) is 3.00. The van der Waals surface area contributed by atoms with Gasteiger partial charge >= 0.3 is 0 Å². The summed E-state index contributed by atoms with van der Waals surface area (Å²) >= 11 is 5.70. The third-order valence-electron chi connectivity index (χ3n) is 2.52. The number of hydrogen-bond donors (Lipinski definition) is 2. The van der Waals surface area contributed by atoms with Crippen molar-refractivity contribution in [1.82, 2.24) is 4.98 Å². The molecule has 0 aliphatic carbocycles. The number of benzene rings is 1. The van der Waals surface area contributed by atoms with E-state index < -0.39 is 0 Å². The van der Waals surface area contributed by atoms with Crippen molar-refractivity contribution >= 4 is 23.3 Å². The molecule has 1 aromatic carbocycles. The van der Waals surface area contributed by atoms with Crippen LogP contribution in [0.5, 0.6) is 5.75 Å². The number of rotatable bonds is 2. The Morgan fingerprint density at radius 3 is 2.78 bits per heavy atom. The molecule has 2 N–H and O–H groups in total. The van der Waals surface area contributed by atoms with Gasteiger partial charge < -0.3 is 10.4 Å². The number of nitrogens with one attached hydrogen (secondary N) is 1. The summed E-state index contributed by atoms with van der Waals surface area (Å²) in [5, 5.41) is 12.7. The molecule has 1 aromatic heterocycles. The highest BCUT2D eigenvalue weighted by Gasteiger charge is 2.11. The lowest BCUT2D eigenvalue weighted by molar-refractivity contribution is 0.102. The highest BCUT2D eigenvalue weighted by Crippen LogP contribution is 2.20. The number of halogens is 1. The number of carbonyl (C=O) groups excluding carboxylic acids is 1. The summed E-state index contributed by atoms with van der Waals surface area (Å²) in [6, 6.07) is 8.04. The van der Waals surface area contributed by atoms with Crippen LogP contribution in [-0.4, -0.2) is 16.0 Å². The first-order valence-electron chi connectivity index (χ1n) is 5.29. The lowest BCUT2D eigenvalue weighted by Crippen LogP contribution is -2.14. The third-order valence-corrected chi connectivity index (χ3v) is 2.74. The number of nitrogens with zero attached hydrogens (tertiary/aromatic N) is 1. The Morgan fingerprint density at radius 2 is 2.11 bits per heavy atom. The van der Waals surface area contributed by atoms with Gasteiger partial charge in [-0.1, -0.05) is 17.7 Å². The normalized spacial score (nSPS) is 10.1. The lowest BCUT2D eigenvalue weighted by atomic mass is 10.1. The fourth-order valence-electron chi connectivity index (χ4n) is 1.50. The molecule has 0 spiro atoms. The van der Waals surface area contributed by atoms with E-state index in [4.69, 9.17) is 11.6 Å². The second-order valence-corrected chi connectivity index (χ2v) is 4.20. The van der Waals surface area contributed by atoms with Gasteiger partial charge in [0.25, 0.3) is 5.91 Å². The molecule has 1 heterocycles. The molecule has 0 saturated carbocycles. The number of carbonyl (C=O) groups is 1. The number of aromatic hydroxyl groups is 1. The summed E-state index contributed by atoms with van der Waals surface area (Å²) in [7, 11) is 0. The van der Waals surface area contributed by atoms with Crippen LogP contribution in [0.25, 0.3) is 0 Å². The van der Waals surface area contributed by atoms with Crippen LogP contribution in [0.2, 0.25) is 5.02 Å². The molecule has 0 aliphatic heterocycles. The fourth-order valence-corrected chi connectivity index (χ4v) is 1.61. The molecule has 4 nitrogen and oxygen atoms in total. The molecule has 1 amide bonds. The van der Waals surface area contributed by atoms with E-state index in [9.17, 15) is 9.90 Å². The Labute approximate surface area is 109 Å². The average molecular weight is 263 g/mol. The molecule has 2 rings (SSSR count). The average Bonchev–Trinajstić information content (AvgIpc) is 2.35. The summed E-state index contributed by atoms with van der Waals surface area (Å²) in [6.45, 7) is 1.68. The van der Waals surface area contributed by atoms with Crippen LogP contribution < -0.4 is 5.32 Å². The van der Waals surface area contributed by atoms with E-state index in [-0.39, 0.29) is 11.7 Å². The van der Waals surface area contributed by atoms with Crippen LogP contribution in [-0.2, 0) is 0 Å². The zero-order valence-electron chi connectivity index (χ0n) is 9.64. The largest absolute Gasteiger partial charge is 0.508 e. The molecular formula is C13H11ClN2O2. The number of pyridine rings is 1. The summed E-state index contributed by atoms with van der Waals surface area (Å²) in [5.41, 5.74) is 0.940. The molecule has 0 aliphatic rings. The quantitative estimate of drug-likeness (QED) is 0.875. The summed E-state index contributed by atoms with van der Waals surface area (Å²) in [4.78, 5) is 15.9. The van der Waals surface area contributed by atoms with Crippen molar-refractivity contribution in [3.05, 3.63) is 52.7 Å². The minimum absolute atomic E-state index is 0.0896. The maximum Gasteiger partial charge on any atom is 0.257 e. The highest BCUT2D eigenvalue weighted by atomic mass is 35.5. The zero-order valence-corrected chi connectivity index (χ0v) is 10.4. The van der Waals surface area contributed by atoms with E-state index in [0.29, 0.717) is 22.0 Å². The van der Waals surface area contributed by atoms with Crippen molar-refractivity contribution in [2.24, 2.45) is 0 Å². The SMILES string of the molecule is Cc1c(O)cccc1C(=O)Nc1ccc(Cl)cn1. The van der Waals surface area contributed by atoms with Crippen LogP contribution in [0.1, 0.15) is 15.9 Å². The molecule has 0 unspecified atom stereocenters. The van der Waals surface area contributed by atoms with Crippen molar-refractivity contribution < 1.29 is 9.90 Å². The van der Waals surface area contributed by atoms with Gasteiger partial charge in [0.15, 0.2) is 0 Å². The van der Waals surface area contributed by atoms with Gasteiger partial charge in [0.2, 0.25) is 0 Å². The summed E-state index contributed by atoms with van der Waals surface area (Å²) in [5.74, 6) is 0.178. The Morgan fingerprint density at radius 1 is 1.33 bits per heavy atom. The monoisotopic (exact) mass is 262 g/mol.